The highest BCUT2D eigenvalue weighted by Crippen LogP contribution is 2.31. The van der Waals surface area contributed by atoms with Gasteiger partial charge in [0.15, 0.2) is 0 Å². The molecule has 0 fully saturated rings. The monoisotopic (exact) mass is 381 g/mol. The Balaban J connectivity index is 1.94. The molecule has 20 heavy (non-hydrogen) atoms. The zero-order chi connectivity index (χ0) is 14.3. The first kappa shape index (κ1) is 13.6. The quantitative estimate of drug-likeness (QED) is 0.767. The van der Waals surface area contributed by atoms with Crippen molar-refractivity contribution in [2.75, 3.05) is 4.90 Å². The average Bonchev–Trinajstić information content (AvgIpc) is 2.90. The number of aryl methyl sites for hydroxylation is 2. The molecule has 0 unspecified atom stereocenters. The standard InChI is InChI=1S/C15H16IN3O/c1-3-19-13(6-10(2)17-19)9-18-14-5-4-12(16)7-11(14)8-15(18)20/h4-7H,3,8-9H2,1-2H3. The lowest BCUT2D eigenvalue weighted by molar-refractivity contribution is -0.117. The fourth-order valence-corrected chi connectivity index (χ4v) is 3.24. The Kier molecular flexibility index (Phi) is 3.54. The van der Waals surface area contributed by atoms with Gasteiger partial charge in [0.2, 0.25) is 5.91 Å². The lowest BCUT2D eigenvalue weighted by Gasteiger charge is -2.18. The Hall–Kier alpha value is -1.37. The summed E-state index contributed by atoms with van der Waals surface area (Å²) in [6.45, 7) is 5.47. The van der Waals surface area contributed by atoms with E-state index < -0.39 is 0 Å². The van der Waals surface area contributed by atoms with E-state index in [1.807, 2.05) is 28.6 Å². The van der Waals surface area contributed by atoms with Crippen molar-refractivity contribution in [3.05, 3.63) is 44.8 Å². The van der Waals surface area contributed by atoms with Crippen LogP contribution >= 0.6 is 22.6 Å². The highest BCUT2D eigenvalue weighted by Gasteiger charge is 2.28. The van der Waals surface area contributed by atoms with Gasteiger partial charge in [-0.2, -0.15) is 5.10 Å². The molecule has 1 aromatic heterocycles. The van der Waals surface area contributed by atoms with Crippen LogP contribution < -0.4 is 4.90 Å². The van der Waals surface area contributed by atoms with Gasteiger partial charge in [0.05, 0.1) is 24.4 Å². The summed E-state index contributed by atoms with van der Waals surface area (Å²) in [5.41, 5.74) is 4.25. The van der Waals surface area contributed by atoms with E-state index in [4.69, 9.17) is 0 Å². The lowest BCUT2D eigenvalue weighted by atomic mass is 10.2. The Morgan fingerprint density at radius 3 is 2.90 bits per heavy atom. The molecule has 0 bridgehead atoms. The average molecular weight is 381 g/mol. The Morgan fingerprint density at radius 1 is 1.35 bits per heavy atom. The number of fused-ring (bicyclic) bond motifs is 1. The summed E-state index contributed by atoms with van der Waals surface area (Å²) >= 11 is 2.28. The molecular weight excluding hydrogens is 365 g/mol. The van der Waals surface area contributed by atoms with Crippen LogP contribution in [0.5, 0.6) is 0 Å². The fourth-order valence-electron chi connectivity index (χ4n) is 2.69. The molecule has 0 saturated carbocycles. The third-order valence-electron chi connectivity index (χ3n) is 3.58. The number of amides is 1. The van der Waals surface area contributed by atoms with Crippen molar-refractivity contribution in [1.29, 1.82) is 0 Å². The summed E-state index contributed by atoms with van der Waals surface area (Å²) in [4.78, 5) is 14.1. The number of aromatic nitrogens is 2. The predicted octanol–water partition coefficient (Wildman–Crippen LogP) is 2.91. The molecule has 0 N–H and O–H groups in total. The summed E-state index contributed by atoms with van der Waals surface area (Å²) in [5, 5.41) is 4.44. The molecule has 1 aliphatic heterocycles. The van der Waals surface area contributed by atoms with Crippen molar-refractivity contribution in [1.82, 2.24) is 9.78 Å². The van der Waals surface area contributed by atoms with Crippen LogP contribution in [0.1, 0.15) is 23.9 Å². The van der Waals surface area contributed by atoms with Crippen molar-refractivity contribution in [3.8, 4) is 0 Å². The molecule has 0 radical (unpaired) electrons. The van der Waals surface area contributed by atoms with E-state index in [9.17, 15) is 4.79 Å². The summed E-state index contributed by atoms with van der Waals surface area (Å²) in [5.74, 6) is 0.170. The predicted molar refractivity (Wildman–Crippen MR) is 86.7 cm³/mol. The molecular formula is C15H16IN3O. The maximum Gasteiger partial charge on any atom is 0.231 e. The second kappa shape index (κ2) is 5.20. The maximum atomic E-state index is 12.2. The van der Waals surface area contributed by atoms with Crippen molar-refractivity contribution in [2.45, 2.75) is 33.4 Å². The second-order valence-electron chi connectivity index (χ2n) is 5.02. The van der Waals surface area contributed by atoms with Gasteiger partial charge in [-0.05, 0) is 66.3 Å². The van der Waals surface area contributed by atoms with E-state index in [0.717, 1.165) is 29.2 Å². The van der Waals surface area contributed by atoms with E-state index in [-0.39, 0.29) is 5.91 Å². The number of carbonyl (C=O) groups is 1. The number of nitrogens with zero attached hydrogens (tertiary/aromatic N) is 3. The van der Waals surface area contributed by atoms with Gasteiger partial charge in [0.1, 0.15) is 0 Å². The Labute approximate surface area is 131 Å². The molecule has 0 atom stereocenters. The van der Waals surface area contributed by atoms with E-state index in [1.165, 1.54) is 3.57 Å². The zero-order valence-corrected chi connectivity index (χ0v) is 13.7. The van der Waals surface area contributed by atoms with Crippen LogP contribution in [-0.4, -0.2) is 15.7 Å². The van der Waals surface area contributed by atoms with Crippen LogP contribution in [0.4, 0.5) is 5.69 Å². The molecule has 0 saturated heterocycles. The number of hydrogen-bond acceptors (Lipinski definition) is 2. The van der Waals surface area contributed by atoms with Gasteiger partial charge in [-0.1, -0.05) is 0 Å². The number of carbonyl (C=O) groups excluding carboxylic acids is 1. The maximum absolute atomic E-state index is 12.2. The first-order chi connectivity index (χ1) is 9.58. The SMILES string of the molecule is CCn1nc(C)cc1CN1C(=O)Cc2cc(I)ccc21. The summed E-state index contributed by atoms with van der Waals surface area (Å²) in [6, 6.07) is 8.24. The van der Waals surface area contributed by atoms with Gasteiger partial charge in [-0.3, -0.25) is 9.48 Å². The van der Waals surface area contributed by atoms with E-state index in [2.05, 4.69) is 46.7 Å². The number of hydrogen-bond donors (Lipinski definition) is 0. The molecule has 3 rings (SSSR count). The molecule has 2 heterocycles. The van der Waals surface area contributed by atoms with Gasteiger partial charge < -0.3 is 4.90 Å². The third kappa shape index (κ3) is 2.34. The van der Waals surface area contributed by atoms with E-state index in [1.54, 1.807) is 0 Å². The normalized spacial score (nSPS) is 13.9. The van der Waals surface area contributed by atoms with Crippen molar-refractivity contribution in [3.63, 3.8) is 0 Å². The smallest absolute Gasteiger partial charge is 0.231 e. The van der Waals surface area contributed by atoms with Crippen LogP contribution in [0.15, 0.2) is 24.3 Å². The van der Waals surface area contributed by atoms with Gasteiger partial charge in [0.25, 0.3) is 0 Å². The third-order valence-corrected chi connectivity index (χ3v) is 4.25. The largest absolute Gasteiger partial charge is 0.306 e. The van der Waals surface area contributed by atoms with E-state index in [0.29, 0.717) is 13.0 Å². The van der Waals surface area contributed by atoms with E-state index >= 15 is 0 Å². The zero-order valence-electron chi connectivity index (χ0n) is 11.6. The molecule has 4 nitrogen and oxygen atoms in total. The van der Waals surface area contributed by atoms with Crippen LogP contribution in [0, 0.1) is 10.5 Å². The molecule has 104 valence electrons. The molecule has 1 aliphatic rings. The van der Waals surface area contributed by atoms with Crippen LogP contribution in [0.2, 0.25) is 0 Å². The van der Waals surface area contributed by atoms with Crippen molar-refractivity contribution >= 4 is 34.2 Å². The number of halogens is 1. The number of benzene rings is 1. The first-order valence-corrected chi connectivity index (χ1v) is 7.78. The first-order valence-electron chi connectivity index (χ1n) is 6.70. The Morgan fingerprint density at radius 2 is 2.15 bits per heavy atom. The summed E-state index contributed by atoms with van der Waals surface area (Å²) < 4.78 is 3.14. The highest BCUT2D eigenvalue weighted by atomic mass is 127. The summed E-state index contributed by atoms with van der Waals surface area (Å²) in [6.07, 6.45) is 0.505. The minimum Gasteiger partial charge on any atom is -0.306 e. The molecule has 0 aliphatic carbocycles. The molecule has 1 amide bonds. The lowest BCUT2D eigenvalue weighted by Crippen LogP contribution is -2.27. The number of rotatable bonds is 3. The van der Waals surface area contributed by atoms with Gasteiger partial charge in [0, 0.05) is 15.8 Å². The van der Waals surface area contributed by atoms with Crippen molar-refractivity contribution in [2.24, 2.45) is 0 Å². The highest BCUT2D eigenvalue weighted by molar-refractivity contribution is 14.1. The van der Waals surface area contributed by atoms with Gasteiger partial charge in [-0.25, -0.2) is 0 Å². The minimum atomic E-state index is 0.170. The number of anilines is 1. The molecule has 1 aromatic carbocycles. The van der Waals surface area contributed by atoms with Crippen LogP contribution in [0.25, 0.3) is 0 Å². The molecule has 0 spiro atoms. The fraction of sp³-hybridized carbons (Fsp3) is 0.333. The summed E-state index contributed by atoms with van der Waals surface area (Å²) in [7, 11) is 0. The molecule has 5 heteroatoms. The Bertz CT molecular complexity index is 678. The minimum absolute atomic E-state index is 0.170. The van der Waals surface area contributed by atoms with Crippen molar-refractivity contribution < 1.29 is 4.79 Å². The second-order valence-corrected chi connectivity index (χ2v) is 6.27. The van der Waals surface area contributed by atoms with Gasteiger partial charge in [-0.15, -0.1) is 0 Å². The van der Waals surface area contributed by atoms with Gasteiger partial charge >= 0.3 is 0 Å². The molecule has 2 aromatic rings. The van der Waals surface area contributed by atoms with Crippen LogP contribution in [-0.2, 0) is 24.3 Å². The topological polar surface area (TPSA) is 38.1 Å². The van der Waals surface area contributed by atoms with Crippen LogP contribution in [0.3, 0.4) is 0 Å².